The highest BCUT2D eigenvalue weighted by molar-refractivity contribution is 7.99. The standard InChI is InChI=1S/C21H21F2NO6S/c1-9-4-12(23)17-13(5-9)24(21-20(29)19(28)18(27)14(8-25)30-21)7-16(17)31-15-3-2-10(26)6-11(15)22/h2-7,14,18-21,25-29H,8H2,1H3/t14-,18-,19+,20-,21-/m1/s1. The van der Waals surface area contributed by atoms with Crippen LogP contribution in [0, 0.1) is 18.6 Å². The van der Waals surface area contributed by atoms with Crippen molar-refractivity contribution >= 4 is 22.7 Å². The number of benzene rings is 2. The van der Waals surface area contributed by atoms with Gasteiger partial charge in [-0.15, -0.1) is 0 Å². The topological polar surface area (TPSA) is 115 Å². The summed E-state index contributed by atoms with van der Waals surface area (Å²) in [7, 11) is 0. The molecule has 1 aromatic heterocycles. The Morgan fingerprint density at radius 1 is 1.00 bits per heavy atom. The smallest absolute Gasteiger partial charge is 0.163 e. The molecular formula is C21H21F2NO6S. The summed E-state index contributed by atoms with van der Waals surface area (Å²) in [6.45, 7) is 1.08. The van der Waals surface area contributed by atoms with Gasteiger partial charge in [0, 0.05) is 27.4 Å². The molecule has 166 valence electrons. The summed E-state index contributed by atoms with van der Waals surface area (Å²) >= 11 is 0.921. The van der Waals surface area contributed by atoms with E-state index in [1.165, 1.54) is 29.0 Å². The Bertz CT molecular complexity index is 1120. The third kappa shape index (κ3) is 3.91. The summed E-state index contributed by atoms with van der Waals surface area (Å²) in [5.41, 5.74) is 0.907. The molecule has 0 unspecified atom stereocenters. The van der Waals surface area contributed by atoms with Gasteiger partial charge in [-0.3, -0.25) is 0 Å². The van der Waals surface area contributed by atoms with Crippen LogP contribution in [0.2, 0.25) is 0 Å². The van der Waals surface area contributed by atoms with Crippen LogP contribution < -0.4 is 0 Å². The number of phenolic OH excluding ortho intramolecular Hbond substituents is 1. The lowest BCUT2D eigenvalue weighted by Gasteiger charge is -2.40. The van der Waals surface area contributed by atoms with Crippen molar-refractivity contribution in [2.45, 2.75) is 47.4 Å². The lowest BCUT2D eigenvalue weighted by molar-refractivity contribution is -0.250. The first-order chi connectivity index (χ1) is 14.7. The molecule has 2 aromatic carbocycles. The van der Waals surface area contributed by atoms with Crippen LogP contribution in [0.25, 0.3) is 10.9 Å². The Kier molecular flexibility index (Phi) is 5.95. The van der Waals surface area contributed by atoms with Crippen LogP contribution in [0.5, 0.6) is 5.75 Å². The van der Waals surface area contributed by atoms with E-state index >= 15 is 0 Å². The van der Waals surface area contributed by atoms with Crippen molar-refractivity contribution in [2.75, 3.05) is 6.61 Å². The molecule has 0 amide bonds. The molecule has 10 heteroatoms. The molecule has 31 heavy (non-hydrogen) atoms. The Morgan fingerprint density at radius 3 is 2.42 bits per heavy atom. The minimum Gasteiger partial charge on any atom is -0.508 e. The minimum atomic E-state index is -1.60. The van der Waals surface area contributed by atoms with Gasteiger partial charge in [0.25, 0.3) is 0 Å². The lowest BCUT2D eigenvalue weighted by atomic mass is 9.98. The van der Waals surface area contributed by atoms with Gasteiger partial charge in [-0.2, -0.15) is 0 Å². The van der Waals surface area contributed by atoms with Crippen molar-refractivity contribution in [3.63, 3.8) is 0 Å². The fourth-order valence-electron chi connectivity index (χ4n) is 3.72. The van der Waals surface area contributed by atoms with Gasteiger partial charge in [0.05, 0.1) is 12.1 Å². The van der Waals surface area contributed by atoms with Gasteiger partial charge in [-0.05, 0) is 36.8 Å². The van der Waals surface area contributed by atoms with Gasteiger partial charge < -0.3 is 34.8 Å². The molecule has 0 saturated carbocycles. The molecular weight excluding hydrogens is 432 g/mol. The van der Waals surface area contributed by atoms with E-state index in [-0.39, 0.29) is 16.0 Å². The number of fused-ring (bicyclic) bond motifs is 1. The molecule has 3 aromatic rings. The van der Waals surface area contributed by atoms with Crippen LogP contribution in [0.3, 0.4) is 0 Å². The molecule has 0 spiro atoms. The second-order valence-electron chi connectivity index (χ2n) is 7.48. The first-order valence-electron chi connectivity index (χ1n) is 9.49. The van der Waals surface area contributed by atoms with E-state index in [4.69, 9.17) is 4.74 Å². The third-order valence-corrected chi connectivity index (χ3v) is 6.35. The highest BCUT2D eigenvalue weighted by atomic mass is 32.2. The number of hydrogen-bond acceptors (Lipinski definition) is 7. The summed E-state index contributed by atoms with van der Waals surface area (Å²) < 4.78 is 36.2. The van der Waals surface area contributed by atoms with Crippen molar-refractivity contribution in [1.82, 2.24) is 4.57 Å². The molecule has 5 atom stereocenters. The zero-order chi connectivity index (χ0) is 22.4. The number of hydrogen-bond donors (Lipinski definition) is 5. The lowest BCUT2D eigenvalue weighted by Crippen LogP contribution is -2.56. The van der Waals surface area contributed by atoms with Crippen LogP contribution in [-0.4, -0.2) is 61.1 Å². The minimum absolute atomic E-state index is 0.144. The summed E-state index contributed by atoms with van der Waals surface area (Å²) in [6, 6.07) is 6.58. The zero-order valence-corrected chi connectivity index (χ0v) is 17.1. The Balaban J connectivity index is 1.84. The number of aryl methyl sites for hydroxylation is 1. The van der Waals surface area contributed by atoms with E-state index in [0.717, 1.165) is 17.8 Å². The van der Waals surface area contributed by atoms with Gasteiger partial charge in [-0.1, -0.05) is 11.8 Å². The molecule has 2 heterocycles. The van der Waals surface area contributed by atoms with E-state index < -0.39 is 48.9 Å². The second-order valence-corrected chi connectivity index (χ2v) is 8.56. The Morgan fingerprint density at radius 2 is 1.74 bits per heavy atom. The van der Waals surface area contributed by atoms with E-state index in [0.29, 0.717) is 16.0 Å². The van der Waals surface area contributed by atoms with Gasteiger partial charge in [0.1, 0.15) is 41.8 Å². The summed E-state index contributed by atoms with van der Waals surface area (Å²) in [5.74, 6) is -1.50. The number of aromatic nitrogens is 1. The molecule has 4 rings (SSSR count). The number of ether oxygens (including phenoxy) is 1. The summed E-state index contributed by atoms with van der Waals surface area (Å²) in [6.07, 6.45) is -5.62. The average molecular weight is 453 g/mol. The molecule has 5 N–H and O–H groups in total. The van der Waals surface area contributed by atoms with Crippen molar-refractivity contribution in [2.24, 2.45) is 0 Å². The van der Waals surface area contributed by atoms with Gasteiger partial charge in [0.15, 0.2) is 6.23 Å². The zero-order valence-electron chi connectivity index (χ0n) is 16.3. The van der Waals surface area contributed by atoms with E-state index in [9.17, 15) is 34.3 Å². The van der Waals surface area contributed by atoms with Crippen LogP contribution in [-0.2, 0) is 4.74 Å². The maximum atomic E-state index is 14.9. The largest absolute Gasteiger partial charge is 0.508 e. The first-order valence-corrected chi connectivity index (χ1v) is 10.3. The molecule has 1 saturated heterocycles. The monoisotopic (exact) mass is 453 g/mol. The number of nitrogens with zero attached hydrogens (tertiary/aromatic N) is 1. The maximum Gasteiger partial charge on any atom is 0.163 e. The van der Waals surface area contributed by atoms with Crippen LogP contribution >= 0.6 is 11.8 Å². The SMILES string of the molecule is Cc1cc(F)c2c(Sc3ccc(O)cc3F)cn([C@@H]3O[C@H](CO)[C@@H](O)[C@H](O)[C@H]3O)c2c1. The van der Waals surface area contributed by atoms with E-state index in [2.05, 4.69) is 0 Å². The number of aromatic hydroxyl groups is 1. The normalized spacial score (nSPS) is 26.5. The van der Waals surface area contributed by atoms with Crippen molar-refractivity contribution < 1.29 is 39.1 Å². The Labute approximate surface area is 180 Å². The highest BCUT2D eigenvalue weighted by Crippen LogP contribution is 2.41. The molecule has 1 aliphatic rings. The number of phenols is 1. The molecule has 0 bridgehead atoms. The van der Waals surface area contributed by atoms with E-state index in [1.54, 1.807) is 13.0 Å². The molecule has 1 aliphatic heterocycles. The predicted molar refractivity (Wildman–Crippen MR) is 108 cm³/mol. The molecule has 1 fully saturated rings. The highest BCUT2D eigenvalue weighted by Gasteiger charge is 2.44. The fourth-order valence-corrected chi connectivity index (χ4v) is 4.72. The quantitative estimate of drug-likeness (QED) is 0.411. The van der Waals surface area contributed by atoms with Crippen LogP contribution in [0.1, 0.15) is 11.8 Å². The molecule has 0 radical (unpaired) electrons. The van der Waals surface area contributed by atoms with Gasteiger partial charge >= 0.3 is 0 Å². The van der Waals surface area contributed by atoms with Gasteiger partial charge in [-0.25, -0.2) is 8.78 Å². The summed E-state index contributed by atoms with van der Waals surface area (Å²) in [4.78, 5) is 0.458. The number of rotatable bonds is 4. The van der Waals surface area contributed by atoms with Crippen molar-refractivity contribution in [1.29, 1.82) is 0 Å². The van der Waals surface area contributed by atoms with E-state index in [1.807, 2.05) is 0 Å². The summed E-state index contributed by atoms with van der Waals surface area (Å²) in [5, 5.41) is 49.8. The van der Waals surface area contributed by atoms with Crippen LogP contribution in [0.15, 0.2) is 46.3 Å². The Hall–Kier alpha value is -2.21. The maximum absolute atomic E-state index is 14.9. The molecule has 0 aliphatic carbocycles. The average Bonchev–Trinajstić information content (AvgIpc) is 3.07. The van der Waals surface area contributed by atoms with Crippen molar-refractivity contribution in [3.8, 4) is 5.75 Å². The van der Waals surface area contributed by atoms with Crippen molar-refractivity contribution in [3.05, 3.63) is 53.7 Å². The number of aliphatic hydroxyl groups is 4. The fraction of sp³-hybridized carbons (Fsp3) is 0.333. The van der Waals surface area contributed by atoms with Gasteiger partial charge in [0.2, 0.25) is 0 Å². The number of aliphatic hydroxyl groups excluding tert-OH is 4. The number of halogens is 2. The molecule has 7 nitrogen and oxygen atoms in total. The van der Waals surface area contributed by atoms with Crippen LogP contribution in [0.4, 0.5) is 8.78 Å². The predicted octanol–water partition coefficient (Wildman–Crippen LogP) is 2.06. The second kappa shape index (κ2) is 8.38. The first kappa shape index (κ1) is 22.0. The third-order valence-electron chi connectivity index (χ3n) is 5.27.